The highest BCUT2D eigenvalue weighted by molar-refractivity contribution is 9.10. The summed E-state index contributed by atoms with van der Waals surface area (Å²) in [5, 5.41) is 3.78. The van der Waals surface area contributed by atoms with Gasteiger partial charge in [0.2, 0.25) is 0 Å². The largest absolute Gasteiger partial charge is 0.309 e. The minimum Gasteiger partial charge on any atom is -0.309 e. The lowest BCUT2D eigenvalue weighted by Crippen LogP contribution is -2.28. The second-order valence-electron chi connectivity index (χ2n) is 5.30. The third-order valence-electron chi connectivity index (χ3n) is 3.72. The molecule has 0 spiro atoms. The van der Waals surface area contributed by atoms with Gasteiger partial charge in [-0.3, -0.25) is 0 Å². The zero-order valence-electron chi connectivity index (χ0n) is 12.8. The maximum absolute atomic E-state index is 3.78. The van der Waals surface area contributed by atoms with Gasteiger partial charge < -0.3 is 5.32 Å². The van der Waals surface area contributed by atoms with E-state index in [4.69, 9.17) is 0 Å². The van der Waals surface area contributed by atoms with E-state index < -0.39 is 0 Å². The summed E-state index contributed by atoms with van der Waals surface area (Å²) in [6, 6.07) is 2.86. The topological polar surface area (TPSA) is 12.0 Å². The van der Waals surface area contributed by atoms with E-state index >= 15 is 0 Å². The summed E-state index contributed by atoms with van der Waals surface area (Å²) >= 11 is 5.60. The van der Waals surface area contributed by atoms with Crippen LogP contribution in [0.1, 0.15) is 68.7 Å². The predicted octanol–water partition coefficient (Wildman–Crippen LogP) is 6.08. The van der Waals surface area contributed by atoms with E-state index in [1.807, 2.05) is 11.3 Å². The van der Waals surface area contributed by atoms with Crippen molar-refractivity contribution in [2.75, 3.05) is 6.54 Å². The molecule has 3 heteroatoms. The minimum absolute atomic E-state index is 0.534. The summed E-state index contributed by atoms with van der Waals surface area (Å²) in [6.45, 7) is 10.2. The van der Waals surface area contributed by atoms with Gasteiger partial charge in [-0.1, -0.05) is 40.0 Å². The average Bonchev–Trinajstić information content (AvgIpc) is 2.73. The molecule has 19 heavy (non-hydrogen) atoms. The highest BCUT2D eigenvalue weighted by Crippen LogP contribution is 2.36. The molecule has 0 aliphatic rings. The van der Waals surface area contributed by atoms with Gasteiger partial charge in [-0.2, -0.15) is 0 Å². The molecule has 0 radical (unpaired) electrons. The standard InChI is InChI=1S/C16H28BrNS/c1-5-8-9-13(7-3)16(18-10-6-2)15-11-14(17)12(4)19-15/h11,13,16,18H,5-10H2,1-4H3. The van der Waals surface area contributed by atoms with Crippen LogP contribution in [-0.2, 0) is 0 Å². The van der Waals surface area contributed by atoms with E-state index in [1.165, 1.54) is 46.3 Å². The molecular formula is C16H28BrNS. The lowest BCUT2D eigenvalue weighted by atomic mass is 9.90. The second kappa shape index (κ2) is 9.15. The van der Waals surface area contributed by atoms with Crippen molar-refractivity contribution in [3.63, 3.8) is 0 Å². The predicted molar refractivity (Wildman–Crippen MR) is 91.1 cm³/mol. The Balaban J connectivity index is 2.84. The van der Waals surface area contributed by atoms with Crippen molar-refractivity contribution in [3.05, 3.63) is 20.3 Å². The van der Waals surface area contributed by atoms with Gasteiger partial charge in [0.1, 0.15) is 0 Å². The Bertz CT molecular complexity index is 342. The van der Waals surface area contributed by atoms with Crippen molar-refractivity contribution < 1.29 is 0 Å². The van der Waals surface area contributed by atoms with E-state index in [1.54, 1.807) is 0 Å². The third-order valence-corrected chi connectivity index (χ3v) is 5.94. The van der Waals surface area contributed by atoms with Gasteiger partial charge in [0, 0.05) is 20.3 Å². The maximum atomic E-state index is 3.78. The molecule has 1 aromatic rings. The SMILES string of the molecule is CCCCC(CC)C(NCCC)c1cc(Br)c(C)s1. The maximum Gasteiger partial charge on any atom is 0.0443 e. The van der Waals surface area contributed by atoms with Crippen molar-refractivity contribution in [2.45, 2.75) is 65.8 Å². The molecule has 0 aliphatic carbocycles. The number of hydrogen-bond donors (Lipinski definition) is 1. The van der Waals surface area contributed by atoms with E-state index in [0.29, 0.717) is 6.04 Å². The Morgan fingerprint density at radius 3 is 2.47 bits per heavy atom. The number of nitrogens with one attached hydrogen (secondary N) is 1. The second-order valence-corrected chi connectivity index (χ2v) is 7.44. The number of hydrogen-bond acceptors (Lipinski definition) is 2. The number of aryl methyl sites for hydroxylation is 1. The van der Waals surface area contributed by atoms with Crippen LogP contribution in [0.5, 0.6) is 0 Å². The van der Waals surface area contributed by atoms with Gasteiger partial charge in [0.15, 0.2) is 0 Å². The summed E-state index contributed by atoms with van der Waals surface area (Å²) in [4.78, 5) is 2.89. The molecule has 1 nitrogen and oxygen atoms in total. The Kier molecular flexibility index (Phi) is 8.27. The molecule has 0 amide bonds. The van der Waals surface area contributed by atoms with Crippen LogP contribution in [0.2, 0.25) is 0 Å². The fourth-order valence-electron chi connectivity index (χ4n) is 2.51. The minimum atomic E-state index is 0.534. The molecule has 2 atom stereocenters. The highest BCUT2D eigenvalue weighted by atomic mass is 79.9. The van der Waals surface area contributed by atoms with E-state index in [9.17, 15) is 0 Å². The molecule has 0 bridgehead atoms. The summed E-state index contributed by atoms with van der Waals surface area (Å²) in [5.74, 6) is 0.761. The Morgan fingerprint density at radius 2 is 2.00 bits per heavy atom. The summed E-state index contributed by atoms with van der Waals surface area (Å²) < 4.78 is 1.26. The van der Waals surface area contributed by atoms with Crippen LogP contribution in [0.15, 0.2) is 10.5 Å². The fraction of sp³-hybridized carbons (Fsp3) is 0.750. The number of halogens is 1. The van der Waals surface area contributed by atoms with Gasteiger partial charge >= 0.3 is 0 Å². The number of rotatable bonds is 9. The van der Waals surface area contributed by atoms with Crippen molar-refractivity contribution in [2.24, 2.45) is 5.92 Å². The summed E-state index contributed by atoms with van der Waals surface area (Å²) in [5.41, 5.74) is 0. The molecule has 0 saturated heterocycles. The lowest BCUT2D eigenvalue weighted by Gasteiger charge is -2.26. The van der Waals surface area contributed by atoms with Crippen LogP contribution in [0.4, 0.5) is 0 Å². The van der Waals surface area contributed by atoms with Gasteiger partial charge in [-0.25, -0.2) is 0 Å². The van der Waals surface area contributed by atoms with Crippen LogP contribution >= 0.6 is 27.3 Å². The molecular weight excluding hydrogens is 318 g/mol. The Labute approximate surface area is 131 Å². The van der Waals surface area contributed by atoms with Gasteiger partial charge in [-0.05, 0) is 54.2 Å². The van der Waals surface area contributed by atoms with Crippen molar-refractivity contribution >= 4 is 27.3 Å². The van der Waals surface area contributed by atoms with E-state index in [-0.39, 0.29) is 0 Å². The Hall–Kier alpha value is 0.140. The van der Waals surface area contributed by atoms with Crippen molar-refractivity contribution in [3.8, 4) is 0 Å². The quantitative estimate of drug-likeness (QED) is 0.572. The van der Waals surface area contributed by atoms with Gasteiger partial charge in [0.05, 0.1) is 0 Å². The molecule has 2 unspecified atom stereocenters. The number of thiophene rings is 1. The van der Waals surface area contributed by atoms with Crippen molar-refractivity contribution in [1.82, 2.24) is 5.32 Å². The first-order valence-corrected chi connectivity index (χ1v) is 9.24. The molecule has 110 valence electrons. The number of unbranched alkanes of at least 4 members (excludes halogenated alkanes) is 1. The third kappa shape index (κ3) is 5.20. The van der Waals surface area contributed by atoms with E-state index in [0.717, 1.165) is 12.5 Å². The first-order valence-electron chi connectivity index (χ1n) is 7.63. The smallest absolute Gasteiger partial charge is 0.0443 e. The fourth-order valence-corrected chi connectivity index (χ4v) is 4.24. The molecule has 0 aromatic carbocycles. The van der Waals surface area contributed by atoms with Crippen LogP contribution in [-0.4, -0.2) is 6.54 Å². The molecule has 0 saturated carbocycles. The highest BCUT2D eigenvalue weighted by Gasteiger charge is 2.23. The van der Waals surface area contributed by atoms with Gasteiger partial charge in [-0.15, -0.1) is 11.3 Å². The van der Waals surface area contributed by atoms with E-state index in [2.05, 4.69) is 55.0 Å². The van der Waals surface area contributed by atoms with Crippen LogP contribution in [0.25, 0.3) is 0 Å². The molecule has 1 heterocycles. The van der Waals surface area contributed by atoms with Gasteiger partial charge in [0.25, 0.3) is 0 Å². The molecule has 0 aliphatic heterocycles. The summed E-state index contributed by atoms with van der Waals surface area (Å²) in [7, 11) is 0. The summed E-state index contributed by atoms with van der Waals surface area (Å²) in [6.07, 6.45) is 6.43. The van der Waals surface area contributed by atoms with Crippen LogP contribution in [0.3, 0.4) is 0 Å². The monoisotopic (exact) mass is 345 g/mol. The Morgan fingerprint density at radius 1 is 1.26 bits per heavy atom. The zero-order valence-corrected chi connectivity index (χ0v) is 15.2. The first-order chi connectivity index (χ1) is 9.13. The van der Waals surface area contributed by atoms with Crippen LogP contribution in [0, 0.1) is 12.8 Å². The lowest BCUT2D eigenvalue weighted by molar-refractivity contribution is 0.327. The average molecular weight is 346 g/mol. The molecule has 1 aromatic heterocycles. The molecule has 1 rings (SSSR count). The zero-order chi connectivity index (χ0) is 14.3. The first kappa shape index (κ1) is 17.2. The van der Waals surface area contributed by atoms with Crippen LogP contribution < -0.4 is 5.32 Å². The molecule has 1 N–H and O–H groups in total. The molecule has 0 fully saturated rings. The van der Waals surface area contributed by atoms with Crippen molar-refractivity contribution in [1.29, 1.82) is 0 Å². The normalized spacial score (nSPS) is 14.6.